The van der Waals surface area contributed by atoms with Gasteiger partial charge in [-0.2, -0.15) is 0 Å². The number of anilines is 1. The first-order valence-corrected chi connectivity index (χ1v) is 9.03. The number of ether oxygens (including phenoxy) is 1. The summed E-state index contributed by atoms with van der Waals surface area (Å²) in [4.78, 5) is 24.0. The van der Waals surface area contributed by atoms with E-state index in [0.29, 0.717) is 29.4 Å². The minimum atomic E-state index is -0.424. The highest BCUT2D eigenvalue weighted by Crippen LogP contribution is 2.21. The molecule has 2 amide bonds. The van der Waals surface area contributed by atoms with Crippen LogP contribution in [0.5, 0.6) is 0 Å². The molecular formula is C20H23N5O3. The fraction of sp³-hybridized carbons (Fsp3) is 0.300. The average molecular weight is 381 g/mol. The van der Waals surface area contributed by atoms with E-state index in [4.69, 9.17) is 0 Å². The summed E-state index contributed by atoms with van der Waals surface area (Å²) in [6, 6.07) is 11.5. The van der Waals surface area contributed by atoms with E-state index in [0.717, 1.165) is 5.65 Å². The summed E-state index contributed by atoms with van der Waals surface area (Å²) in [5, 5.41) is 14.2. The largest absolute Gasteiger partial charge is 0.465 e. The zero-order chi connectivity index (χ0) is 20.1. The van der Waals surface area contributed by atoms with Crippen molar-refractivity contribution in [1.29, 1.82) is 0 Å². The molecule has 0 aliphatic carbocycles. The van der Waals surface area contributed by atoms with Crippen LogP contribution in [0, 0.1) is 5.92 Å². The molecule has 2 N–H and O–H groups in total. The third-order valence-corrected chi connectivity index (χ3v) is 4.23. The Kier molecular flexibility index (Phi) is 5.88. The van der Waals surface area contributed by atoms with E-state index in [1.807, 2.05) is 28.8 Å². The van der Waals surface area contributed by atoms with E-state index in [-0.39, 0.29) is 12.1 Å². The number of nitrogens with zero attached hydrogens (tertiary/aromatic N) is 3. The second kappa shape index (κ2) is 8.51. The van der Waals surface area contributed by atoms with Gasteiger partial charge in [-0.3, -0.25) is 4.40 Å². The Morgan fingerprint density at radius 3 is 2.54 bits per heavy atom. The Labute approximate surface area is 162 Å². The number of aromatic nitrogens is 3. The molecule has 0 aliphatic heterocycles. The average Bonchev–Trinajstić information content (AvgIpc) is 3.11. The molecule has 0 fully saturated rings. The van der Waals surface area contributed by atoms with E-state index in [1.54, 1.807) is 24.3 Å². The minimum Gasteiger partial charge on any atom is -0.465 e. The predicted molar refractivity (Wildman–Crippen MR) is 105 cm³/mol. The molecule has 0 saturated heterocycles. The lowest BCUT2D eigenvalue weighted by molar-refractivity contribution is 0.0600. The Hall–Kier alpha value is -3.42. The van der Waals surface area contributed by atoms with Gasteiger partial charge in [0.05, 0.1) is 18.7 Å². The lowest BCUT2D eigenvalue weighted by atomic mass is 10.0. The van der Waals surface area contributed by atoms with Gasteiger partial charge in [0.2, 0.25) is 0 Å². The van der Waals surface area contributed by atoms with Crippen LogP contribution in [0.2, 0.25) is 0 Å². The third kappa shape index (κ3) is 4.46. The van der Waals surface area contributed by atoms with Gasteiger partial charge in [-0.15, -0.1) is 10.2 Å². The molecule has 146 valence electrons. The van der Waals surface area contributed by atoms with Crippen molar-refractivity contribution in [2.75, 3.05) is 12.4 Å². The van der Waals surface area contributed by atoms with Gasteiger partial charge in [0.1, 0.15) is 0 Å². The van der Waals surface area contributed by atoms with Crippen molar-refractivity contribution in [2.24, 2.45) is 5.92 Å². The van der Waals surface area contributed by atoms with Gasteiger partial charge in [0.15, 0.2) is 11.5 Å². The maximum absolute atomic E-state index is 12.5. The monoisotopic (exact) mass is 381 g/mol. The van der Waals surface area contributed by atoms with Crippen molar-refractivity contribution in [1.82, 2.24) is 19.9 Å². The number of hydrogen-bond acceptors (Lipinski definition) is 5. The lowest BCUT2D eigenvalue weighted by Crippen LogP contribution is -2.34. The topological polar surface area (TPSA) is 97.6 Å². The number of fused-ring (bicyclic) bond motifs is 1. The first-order chi connectivity index (χ1) is 13.5. The Balaban J connectivity index is 1.74. The fourth-order valence-electron chi connectivity index (χ4n) is 2.93. The van der Waals surface area contributed by atoms with Crippen molar-refractivity contribution >= 4 is 23.3 Å². The molecule has 2 heterocycles. The number of methoxy groups -OCH3 is 1. The first-order valence-electron chi connectivity index (χ1n) is 9.03. The number of carbonyl (C=O) groups excluding carboxylic acids is 2. The Morgan fingerprint density at radius 2 is 1.86 bits per heavy atom. The van der Waals surface area contributed by atoms with Crippen LogP contribution >= 0.6 is 0 Å². The molecule has 0 unspecified atom stereocenters. The maximum Gasteiger partial charge on any atom is 0.337 e. The maximum atomic E-state index is 12.5. The molecule has 1 aromatic carbocycles. The molecule has 0 radical (unpaired) electrons. The van der Waals surface area contributed by atoms with Crippen LogP contribution in [0.15, 0.2) is 48.7 Å². The van der Waals surface area contributed by atoms with Gasteiger partial charge in [-0.1, -0.05) is 19.9 Å². The molecule has 3 aromatic rings. The van der Waals surface area contributed by atoms with E-state index >= 15 is 0 Å². The molecule has 8 heteroatoms. The van der Waals surface area contributed by atoms with Crippen molar-refractivity contribution in [2.45, 2.75) is 26.3 Å². The summed E-state index contributed by atoms with van der Waals surface area (Å²) in [6.45, 7) is 4.17. The number of benzene rings is 1. The number of nitrogens with one attached hydrogen (secondary N) is 2. The number of hydrogen-bond donors (Lipinski definition) is 2. The zero-order valence-corrected chi connectivity index (χ0v) is 16.0. The highest BCUT2D eigenvalue weighted by molar-refractivity contribution is 5.92. The number of pyridine rings is 1. The summed E-state index contributed by atoms with van der Waals surface area (Å²) >= 11 is 0. The molecule has 0 spiro atoms. The van der Waals surface area contributed by atoms with E-state index < -0.39 is 5.97 Å². The number of esters is 1. The summed E-state index contributed by atoms with van der Waals surface area (Å²) < 4.78 is 6.54. The van der Waals surface area contributed by atoms with Crippen LogP contribution in [0.4, 0.5) is 10.5 Å². The highest BCUT2D eigenvalue weighted by atomic mass is 16.5. The number of carbonyl (C=O) groups is 2. The summed E-state index contributed by atoms with van der Waals surface area (Å²) in [6.07, 6.45) is 2.59. The highest BCUT2D eigenvalue weighted by Gasteiger charge is 2.21. The Morgan fingerprint density at radius 1 is 1.11 bits per heavy atom. The molecule has 0 aliphatic rings. The van der Waals surface area contributed by atoms with Crippen molar-refractivity contribution < 1.29 is 14.3 Å². The summed E-state index contributed by atoms with van der Waals surface area (Å²) in [7, 11) is 1.32. The van der Waals surface area contributed by atoms with Crippen molar-refractivity contribution in [3.8, 4) is 0 Å². The third-order valence-electron chi connectivity index (χ3n) is 4.23. The molecule has 1 atom stereocenters. The molecule has 0 saturated carbocycles. The normalized spacial score (nSPS) is 12.0. The van der Waals surface area contributed by atoms with Crippen LogP contribution in [-0.4, -0.2) is 33.7 Å². The zero-order valence-electron chi connectivity index (χ0n) is 16.0. The molecule has 3 rings (SSSR count). The summed E-state index contributed by atoms with van der Waals surface area (Å²) in [5.41, 5.74) is 1.72. The van der Waals surface area contributed by atoms with Crippen molar-refractivity contribution in [3.63, 3.8) is 0 Å². The van der Waals surface area contributed by atoms with Gasteiger partial charge in [-0.25, -0.2) is 9.59 Å². The van der Waals surface area contributed by atoms with E-state index in [1.165, 1.54) is 7.11 Å². The predicted octanol–water partition coefficient (Wildman–Crippen LogP) is 3.42. The fourth-order valence-corrected chi connectivity index (χ4v) is 2.93. The standard InChI is InChI=1S/C20H23N5O3/c1-13(2)12-16(18-24-23-17-6-4-5-11-25(17)18)22-20(27)21-15-9-7-14(8-10-15)19(26)28-3/h4-11,13,16H,12H2,1-3H3,(H2,21,22,27)/t16-/m0/s1. The van der Waals surface area contributed by atoms with Crippen LogP contribution in [-0.2, 0) is 4.74 Å². The van der Waals surface area contributed by atoms with Gasteiger partial charge in [0, 0.05) is 11.9 Å². The quantitative estimate of drug-likeness (QED) is 0.638. The van der Waals surface area contributed by atoms with Gasteiger partial charge in [0.25, 0.3) is 0 Å². The first kappa shape index (κ1) is 19.3. The second-order valence-electron chi connectivity index (χ2n) is 6.84. The van der Waals surface area contributed by atoms with Gasteiger partial charge in [-0.05, 0) is 48.7 Å². The number of amides is 2. The summed E-state index contributed by atoms with van der Waals surface area (Å²) in [5.74, 6) is 0.605. The number of rotatable bonds is 6. The van der Waals surface area contributed by atoms with Gasteiger partial charge >= 0.3 is 12.0 Å². The molecule has 28 heavy (non-hydrogen) atoms. The van der Waals surface area contributed by atoms with Crippen LogP contribution in [0.3, 0.4) is 0 Å². The second-order valence-corrected chi connectivity index (χ2v) is 6.84. The van der Waals surface area contributed by atoms with Crippen molar-refractivity contribution in [3.05, 3.63) is 60.0 Å². The van der Waals surface area contributed by atoms with E-state index in [9.17, 15) is 9.59 Å². The molecule has 8 nitrogen and oxygen atoms in total. The van der Waals surface area contributed by atoms with Gasteiger partial charge < -0.3 is 15.4 Å². The lowest BCUT2D eigenvalue weighted by Gasteiger charge is -2.19. The molecular weight excluding hydrogens is 358 g/mol. The van der Waals surface area contributed by atoms with Crippen LogP contribution in [0.25, 0.3) is 5.65 Å². The van der Waals surface area contributed by atoms with Crippen LogP contribution in [0.1, 0.15) is 42.5 Å². The smallest absolute Gasteiger partial charge is 0.337 e. The number of urea groups is 1. The minimum absolute atomic E-state index is 0.299. The van der Waals surface area contributed by atoms with E-state index in [2.05, 4.69) is 39.4 Å². The Bertz CT molecular complexity index is 965. The molecule has 2 aromatic heterocycles. The molecule has 0 bridgehead atoms. The van der Waals surface area contributed by atoms with Crippen LogP contribution < -0.4 is 10.6 Å². The SMILES string of the molecule is COC(=O)c1ccc(NC(=O)N[C@@H](CC(C)C)c2nnc3ccccn23)cc1.